The summed E-state index contributed by atoms with van der Waals surface area (Å²) in [5.41, 5.74) is 1.25. The monoisotopic (exact) mass is 609 g/mol. The molecule has 9 heteroatoms. The molecular weight excluding hydrogens is 559 g/mol. The average Bonchev–Trinajstić information content (AvgIpc) is 2.90. The van der Waals surface area contributed by atoms with Gasteiger partial charge in [-0.3, -0.25) is 0 Å². The number of unbranched alkanes of at least 4 members (excludes halogenated alkanes) is 14. The van der Waals surface area contributed by atoms with Gasteiger partial charge in [-0.05, 0) is 18.4 Å². The number of ether oxygens (including phenoxy) is 1. The second-order valence-corrected chi connectivity index (χ2v) is 12.6. The quantitative estimate of drug-likeness (QED) is 0.0784. The van der Waals surface area contributed by atoms with E-state index >= 15 is 0 Å². The van der Waals surface area contributed by atoms with E-state index in [1.807, 2.05) is 24.5 Å². The third kappa shape index (κ3) is 29.2. The molecule has 2 nitrogen and oxygen atoms in total. The van der Waals surface area contributed by atoms with Crippen LogP contribution in [-0.2, 0) is 0 Å². The van der Waals surface area contributed by atoms with Crippen molar-refractivity contribution in [3.8, 4) is 5.75 Å². The molecule has 0 aliphatic heterocycles. The zero-order valence-corrected chi connectivity index (χ0v) is 25.5. The number of aromatic amines is 1. The van der Waals surface area contributed by atoms with Crippen LogP contribution in [0.2, 0.25) is 0 Å². The fraction of sp³-hybridized carbons (Fsp3) is 0.594. The minimum absolute atomic E-state index is 0.240. The van der Waals surface area contributed by atoms with Crippen LogP contribution >= 0.6 is 7.81 Å². The molecule has 1 heterocycles. The second-order valence-electron chi connectivity index (χ2n) is 10.7. The molecule has 236 valence electrons. The van der Waals surface area contributed by atoms with Gasteiger partial charge < -0.3 is 4.74 Å². The molecular formula is C32H50F6NOP. The average molecular weight is 610 g/mol. The third-order valence-corrected chi connectivity index (χ3v) is 6.63. The molecule has 2 rings (SSSR count). The van der Waals surface area contributed by atoms with Crippen LogP contribution in [-0.4, -0.2) is 6.10 Å². The summed E-state index contributed by atoms with van der Waals surface area (Å²) in [7, 11) is -10.7. The molecule has 2 aromatic rings. The predicted molar refractivity (Wildman–Crippen MR) is 161 cm³/mol. The first-order chi connectivity index (χ1) is 19.3. The van der Waals surface area contributed by atoms with E-state index in [1.165, 1.54) is 102 Å². The van der Waals surface area contributed by atoms with E-state index in [0.29, 0.717) is 0 Å². The minimum atomic E-state index is -10.7. The molecule has 1 N–H and O–H groups in total. The van der Waals surface area contributed by atoms with Gasteiger partial charge in [0.2, 0.25) is 0 Å². The molecule has 0 fully saturated rings. The fourth-order valence-corrected chi connectivity index (χ4v) is 4.53. The number of hydrogen-bond acceptors (Lipinski definition) is 1. The Kier molecular flexibility index (Phi) is 17.3. The predicted octanol–water partition coefficient (Wildman–Crippen LogP) is 13.0. The van der Waals surface area contributed by atoms with Crippen LogP contribution in [0.15, 0.2) is 60.9 Å². The van der Waals surface area contributed by atoms with Crippen molar-refractivity contribution in [2.24, 2.45) is 0 Å². The van der Waals surface area contributed by atoms with Crippen LogP contribution in [0.5, 0.6) is 5.75 Å². The van der Waals surface area contributed by atoms with Crippen molar-refractivity contribution < 1.29 is 34.9 Å². The maximum atomic E-state index is 9.87. The van der Waals surface area contributed by atoms with Crippen LogP contribution in [0, 0.1) is 0 Å². The Morgan fingerprint density at radius 1 is 0.659 bits per heavy atom. The van der Waals surface area contributed by atoms with Gasteiger partial charge in [-0.2, -0.15) is 0 Å². The van der Waals surface area contributed by atoms with Gasteiger partial charge in [-0.15, -0.1) is 0 Å². The van der Waals surface area contributed by atoms with Crippen molar-refractivity contribution in [2.75, 3.05) is 0 Å². The van der Waals surface area contributed by atoms with Gasteiger partial charge >= 0.3 is 33.0 Å². The van der Waals surface area contributed by atoms with Gasteiger partial charge in [0.15, 0.2) is 12.4 Å². The number of nitrogens with one attached hydrogen (secondary N) is 1. The zero-order valence-electron chi connectivity index (χ0n) is 24.6. The van der Waals surface area contributed by atoms with E-state index in [4.69, 9.17) is 4.74 Å². The summed E-state index contributed by atoms with van der Waals surface area (Å²) in [5.74, 6) is 0.956. The van der Waals surface area contributed by atoms with Crippen LogP contribution in [0.3, 0.4) is 0 Å². The Hall–Kier alpha value is -2.08. The first-order valence-corrected chi connectivity index (χ1v) is 17.3. The van der Waals surface area contributed by atoms with Gasteiger partial charge in [0, 0.05) is 18.6 Å². The summed E-state index contributed by atoms with van der Waals surface area (Å²) in [6.45, 7) is 2.29. The van der Waals surface area contributed by atoms with Gasteiger partial charge in [-0.1, -0.05) is 139 Å². The van der Waals surface area contributed by atoms with E-state index in [-0.39, 0.29) is 6.10 Å². The molecule has 0 saturated heterocycles. The van der Waals surface area contributed by atoms with Crippen molar-refractivity contribution >= 4 is 13.9 Å². The molecule has 0 aliphatic carbocycles. The van der Waals surface area contributed by atoms with Gasteiger partial charge in [0.1, 0.15) is 11.9 Å². The summed E-state index contributed by atoms with van der Waals surface area (Å²) >= 11 is 0. The maximum absolute atomic E-state index is 10.7. The van der Waals surface area contributed by atoms with Crippen molar-refractivity contribution in [2.45, 2.75) is 122 Å². The molecule has 1 unspecified atom stereocenters. The molecule has 0 saturated carbocycles. The normalized spacial score (nSPS) is 14.1. The van der Waals surface area contributed by atoms with Crippen LogP contribution < -0.4 is 9.72 Å². The van der Waals surface area contributed by atoms with Crippen molar-refractivity contribution in [1.29, 1.82) is 0 Å². The first kappa shape index (κ1) is 36.9. The topological polar surface area (TPSA) is 23.4 Å². The molecule has 0 radical (unpaired) electrons. The molecule has 0 bridgehead atoms. The summed E-state index contributed by atoms with van der Waals surface area (Å²) in [4.78, 5) is 3.08. The molecule has 1 aromatic carbocycles. The zero-order chi connectivity index (χ0) is 30.4. The van der Waals surface area contributed by atoms with Crippen molar-refractivity contribution in [3.63, 3.8) is 0 Å². The third-order valence-electron chi connectivity index (χ3n) is 6.63. The van der Waals surface area contributed by atoms with Gasteiger partial charge in [-0.25, -0.2) is 4.98 Å². The van der Waals surface area contributed by atoms with E-state index in [0.717, 1.165) is 18.6 Å². The number of aromatic nitrogens is 1. The molecule has 0 amide bonds. The van der Waals surface area contributed by atoms with E-state index < -0.39 is 7.81 Å². The number of rotatable bonds is 21. The Morgan fingerprint density at radius 2 is 1.10 bits per heavy atom. The molecule has 0 spiro atoms. The van der Waals surface area contributed by atoms with Crippen LogP contribution in [0.25, 0.3) is 6.08 Å². The first-order valence-electron chi connectivity index (χ1n) is 15.2. The Balaban J connectivity index is 0.00000106. The molecule has 41 heavy (non-hydrogen) atoms. The number of halogens is 6. The van der Waals surface area contributed by atoms with Crippen molar-refractivity contribution in [3.05, 3.63) is 66.5 Å². The van der Waals surface area contributed by atoms with E-state index in [2.05, 4.69) is 54.4 Å². The molecule has 0 aliphatic rings. The van der Waals surface area contributed by atoms with Crippen molar-refractivity contribution in [1.82, 2.24) is 0 Å². The Morgan fingerprint density at radius 3 is 1.56 bits per heavy atom. The standard InChI is InChI=1S/C32H49NO.F6P/c1-2-3-4-5-6-7-8-9-10-11-12-13-14-15-19-24-31(34-32-26-28-33-29-27-32)25-20-23-30-21-17-16-18-22-30;1-7(2,3,4,5)6/h16-18,20-23,26-29,31H,2-15,19,24-25H2,1H3;/q;-1/p+1/b23-20+;. The van der Waals surface area contributed by atoms with Gasteiger partial charge in [0.25, 0.3) is 0 Å². The molecule has 1 aromatic heterocycles. The Labute approximate surface area is 243 Å². The van der Waals surface area contributed by atoms with E-state index in [9.17, 15) is 25.2 Å². The summed E-state index contributed by atoms with van der Waals surface area (Å²) in [6, 6.07) is 14.6. The summed E-state index contributed by atoms with van der Waals surface area (Å²) < 4.78 is 65.5. The fourth-order valence-electron chi connectivity index (χ4n) is 4.53. The number of H-pyrrole nitrogens is 1. The Bertz CT molecular complexity index is 913. The summed E-state index contributed by atoms with van der Waals surface area (Å²) in [5, 5.41) is 0. The number of pyridine rings is 1. The SMILES string of the molecule is CCCCCCCCCCCCCCCCCC(C/C=C/c1ccccc1)Oc1cc[nH+]cc1.F[P-](F)(F)(F)(F)F. The van der Waals surface area contributed by atoms with Crippen LogP contribution in [0.1, 0.15) is 122 Å². The number of hydrogen-bond donors (Lipinski definition) is 0. The second kappa shape index (κ2) is 19.2. The summed E-state index contributed by atoms with van der Waals surface area (Å²) in [6.07, 6.45) is 31.7. The van der Waals surface area contributed by atoms with E-state index in [1.54, 1.807) is 0 Å². The van der Waals surface area contributed by atoms with Crippen LogP contribution in [0.4, 0.5) is 25.2 Å². The molecule has 1 atom stereocenters. The van der Waals surface area contributed by atoms with Gasteiger partial charge in [0.05, 0.1) is 0 Å². The number of benzene rings is 1.